The maximum Gasteiger partial charge on any atom is 0.0468 e. The molecule has 4 atom stereocenters. The first-order valence-corrected chi connectivity index (χ1v) is 4.27. The molecule has 2 aliphatic rings. The van der Waals surface area contributed by atoms with Gasteiger partial charge in [0.25, 0.3) is 0 Å². The lowest BCUT2D eigenvalue weighted by Gasteiger charge is -2.23. The maximum absolute atomic E-state index is 9.04. The van der Waals surface area contributed by atoms with Gasteiger partial charge in [-0.2, -0.15) is 0 Å². The van der Waals surface area contributed by atoms with E-state index in [2.05, 4.69) is 12.2 Å². The van der Waals surface area contributed by atoms with Crippen LogP contribution in [-0.2, 0) is 0 Å². The van der Waals surface area contributed by atoms with Gasteiger partial charge >= 0.3 is 0 Å². The summed E-state index contributed by atoms with van der Waals surface area (Å²) in [6.45, 7) is 0.466. The summed E-state index contributed by atoms with van der Waals surface area (Å²) in [4.78, 5) is 0. The van der Waals surface area contributed by atoms with E-state index < -0.39 is 0 Å². The number of aliphatic hydroxyl groups is 2. The first-order valence-electron chi connectivity index (χ1n) is 4.27. The second-order valence-electron chi connectivity index (χ2n) is 3.64. The molecule has 2 aliphatic carbocycles. The number of allylic oxidation sites excluding steroid dienone is 2. The molecule has 1 fully saturated rings. The van der Waals surface area contributed by atoms with Gasteiger partial charge in [-0.05, 0) is 30.1 Å². The van der Waals surface area contributed by atoms with Crippen LogP contribution in [0.4, 0.5) is 0 Å². The molecule has 0 radical (unpaired) electrons. The third-order valence-corrected chi connectivity index (χ3v) is 3.22. The molecule has 2 N–H and O–H groups in total. The SMILES string of the molecule is OCC1C2C=CC(C2)[C@H]1CO. The molecule has 0 heterocycles. The molecule has 11 heavy (non-hydrogen) atoms. The van der Waals surface area contributed by atoms with Crippen molar-refractivity contribution in [1.29, 1.82) is 0 Å². The van der Waals surface area contributed by atoms with Crippen molar-refractivity contribution < 1.29 is 10.2 Å². The minimum absolute atomic E-state index is 0.233. The zero-order valence-corrected chi connectivity index (χ0v) is 6.48. The fourth-order valence-electron chi connectivity index (χ4n) is 2.57. The summed E-state index contributed by atoms with van der Waals surface area (Å²) < 4.78 is 0. The summed E-state index contributed by atoms with van der Waals surface area (Å²) in [5.74, 6) is 1.74. The van der Waals surface area contributed by atoms with Crippen LogP contribution in [0.3, 0.4) is 0 Å². The summed E-state index contributed by atoms with van der Waals surface area (Å²) in [6, 6.07) is 0. The molecule has 62 valence electrons. The topological polar surface area (TPSA) is 40.5 Å². The summed E-state index contributed by atoms with van der Waals surface area (Å²) in [5.41, 5.74) is 0. The van der Waals surface area contributed by atoms with Crippen molar-refractivity contribution in [3.8, 4) is 0 Å². The summed E-state index contributed by atoms with van der Waals surface area (Å²) in [7, 11) is 0. The second-order valence-corrected chi connectivity index (χ2v) is 3.64. The van der Waals surface area contributed by atoms with Crippen LogP contribution in [0.2, 0.25) is 0 Å². The van der Waals surface area contributed by atoms with Crippen LogP contribution in [0.1, 0.15) is 6.42 Å². The van der Waals surface area contributed by atoms with Crippen molar-refractivity contribution in [3.05, 3.63) is 12.2 Å². The summed E-state index contributed by atoms with van der Waals surface area (Å²) in [6.07, 6.45) is 5.53. The van der Waals surface area contributed by atoms with Crippen LogP contribution in [0.15, 0.2) is 12.2 Å². The van der Waals surface area contributed by atoms with Gasteiger partial charge in [0.15, 0.2) is 0 Å². The minimum atomic E-state index is 0.233. The number of hydrogen-bond acceptors (Lipinski definition) is 2. The van der Waals surface area contributed by atoms with Gasteiger partial charge in [0.1, 0.15) is 0 Å². The summed E-state index contributed by atoms with van der Waals surface area (Å²) >= 11 is 0. The molecule has 0 aromatic heterocycles. The highest BCUT2D eigenvalue weighted by Crippen LogP contribution is 2.47. The Kier molecular flexibility index (Phi) is 1.74. The van der Waals surface area contributed by atoms with Crippen molar-refractivity contribution in [3.63, 3.8) is 0 Å². The third-order valence-electron chi connectivity index (χ3n) is 3.22. The molecule has 2 rings (SSSR count). The molecule has 2 nitrogen and oxygen atoms in total. The van der Waals surface area contributed by atoms with Gasteiger partial charge in [-0.25, -0.2) is 0 Å². The predicted octanol–water partition coefficient (Wildman–Crippen LogP) is 0.409. The van der Waals surface area contributed by atoms with E-state index in [1.165, 1.54) is 0 Å². The Labute approximate surface area is 66.5 Å². The molecule has 0 aromatic carbocycles. The number of rotatable bonds is 2. The van der Waals surface area contributed by atoms with E-state index in [-0.39, 0.29) is 13.2 Å². The highest BCUT2D eigenvalue weighted by Gasteiger charge is 2.43. The lowest BCUT2D eigenvalue weighted by Crippen LogP contribution is -2.25. The van der Waals surface area contributed by atoms with Crippen LogP contribution in [0.5, 0.6) is 0 Å². The van der Waals surface area contributed by atoms with Gasteiger partial charge in [0.2, 0.25) is 0 Å². The molecule has 3 unspecified atom stereocenters. The molecule has 0 amide bonds. The fourth-order valence-corrected chi connectivity index (χ4v) is 2.57. The largest absolute Gasteiger partial charge is 0.396 e. The molecular weight excluding hydrogens is 140 g/mol. The number of hydrogen-bond donors (Lipinski definition) is 2. The average Bonchev–Trinajstić information content (AvgIpc) is 2.60. The van der Waals surface area contributed by atoms with Gasteiger partial charge in [-0.1, -0.05) is 12.2 Å². The van der Waals surface area contributed by atoms with E-state index in [4.69, 9.17) is 10.2 Å². The normalized spacial score (nSPS) is 47.1. The van der Waals surface area contributed by atoms with Gasteiger partial charge < -0.3 is 10.2 Å². The molecule has 0 aromatic rings. The predicted molar refractivity (Wildman–Crippen MR) is 41.9 cm³/mol. The molecule has 0 spiro atoms. The van der Waals surface area contributed by atoms with Crippen molar-refractivity contribution in [1.82, 2.24) is 0 Å². The van der Waals surface area contributed by atoms with Crippen molar-refractivity contribution in [2.75, 3.05) is 13.2 Å². The minimum Gasteiger partial charge on any atom is -0.396 e. The highest BCUT2D eigenvalue weighted by molar-refractivity contribution is 5.13. The van der Waals surface area contributed by atoms with Gasteiger partial charge in [-0.3, -0.25) is 0 Å². The van der Waals surface area contributed by atoms with E-state index in [9.17, 15) is 0 Å². The Morgan fingerprint density at radius 3 is 1.82 bits per heavy atom. The van der Waals surface area contributed by atoms with Crippen LogP contribution in [0, 0.1) is 23.7 Å². The van der Waals surface area contributed by atoms with E-state index in [1.54, 1.807) is 0 Å². The average molecular weight is 154 g/mol. The highest BCUT2D eigenvalue weighted by atomic mass is 16.3. The Morgan fingerprint density at radius 1 is 1.00 bits per heavy atom. The molecule has 1 saturated carbocycles. The molecule has 0 aliphatic heterocycles. The van der Waals surface area contributed by atoms with Crippen LogP contribution < -0.4 is 0 Å². The van der Waals surface area contributed by atoms with Gasteiger partial charge in [0.05, 0.1) is 0 Å². The maximum atomic E-state index is 9.04. The standard InChI is InChI=1S/C9H14O2/c10-4-8-6-1-2-7(3-6)9(8)5-11/h1-2,6-11H,3-5H2/t6?,7?,8-,9?/m1/s1. The van der Waals surface area contributed by atoms with E-state index in [0.29, 0.717) is 23.7 Å². The van der Waals surface area contributed by atoms with Crippen molar-refractivity contribution in [2.45, 2.75) is 6.42 Å². The Balaban J connectivity index is 2.15. The zero-order valence-electron chi connectivity index (χ0n) is 6.48. The molecule has 0 saturated heterocycles. The van der Waals surface area contributed by atoms with Crippen LogP contribution in [0.25, 0.3) is 0 Å². The molecular formula is C9H14O2. The third kappa shape index (κ3) is 0.932. The number of fused-ring (bicyclic) bond motifs is 2. The fraction of sp³-hybridized carbons (Fsp3) is 0.778. The van der Waals surface area contributed by atoms with Gasteiger partial charge in [0, 0.05) is 13.2 Å². The zero-order chi connectivity index (χ0) is 7.84. The first kappa shape index (κ1) is 7.32. The van der Waals surface area contributed by atoms with E-state index in [0.717, 1.165) is 6.42 Å². The Hall–Kier alpha value is -0.340. The molecule has 2 heteroatoms. The van der Waals surface area contributed by atoms with Crippen LogP contribution >= 0.6 is 0 Å². The Bertz CT molecular complexity index is 158. The first-order chi connectivity index (χ1) is 5.36. The smallest absolute Gasteiger partial charge is 0.0468 e. The second kappa shape index (κ2) is 2.61. The molecule has 2 bridgehead atoms. The lowest BCUT2D eigenvalue weighted by atomic mass is 9.84. The van der Waals surface area contributed by atoms with E-state index in [1.807, 2.05) is 0 Å². The monoisotopic (exact) mass is 154 g/mol. The van der Waals surface area contributed by atoms with Crippen molar-refractivity contribution >= 4 is 0 Å². The lowest BCUT2D eigenvalue weighted by molar-refractivity contribution is 0.112. The number of aliphatic hydroxyl groups excluding tert-OH is 2. The van der Waals surface area contributed by atoms with Gasteiger partial charge in [-0.15, -0.1) is 0 Å². The van der Waals surface area contributed by atoms with Crippen molar-refractivity contribution in [2.24, 2.45) is 23.7 Å². The van der Waals surface area contributed by atoms with E-state index >= 15 is 0 Å². The van der Waals surface area contributed by atoms with Crippen LogP contribution in [-0.4, -0.2) is 23.4 Å². The quantitative estimate of drug-likeness (QED) is 0.565. The Morgan fingerprint density at radius 2 is 1.45 bits per heavy atom. The summed E-state index contributed by atoms with van der Waals surface area (Å²) in [5, 5.41) is 18.1.